The lowest BCUT2D eigenvalue weighted by molar-refractivity contribution is 0.0734. The number of aryl methyl sites for hydroxylation is 1. The lowest BCUT2D eigenvalue weighted by Gasteiger charge is -2.30. The molecule has 0 spiro atoms. The van der Waals surface area contributed by atoms with Crippen LogP contribution in [0.2, 0.25) is 0 Å². The lowest BCUT2D eigenvalue weighted by atomic mass is 9.96. The normalized spacial score (nSPS) is 13.9. The highest BCUT2D eigenvalue weighted by atomic mass is 16.2. The van der Waals surface area contributed by atoms with E-state index < -0.39 is 0 Å². The minimum absolute atomic E-state index is 0.115. The molecule has 0 saturated heterocycles. The van der Waals surface area contributed by atoms with Crippen molar-refractivity contribution in [2.24, 2.45) is 0 Å². The number of fused-ring (bicyclic) bond motifs is 1. The Morgan fingerprint density at radius 1 is 1.14 bits per heavy atom. The van der Waals surface area contributed by atoms with Crippen molar-refractivity contribution in [1.82, 2.24) is 4.90 Å². The summed E-state index contributed by atoms with van der Waals surface area (Å²) in [5.74, 6) is 0.115. The standard InChI is InChI=1S/C18H20N2O/c1-12-5-3-7-15(13(12)2)18(21)20-10-9-16-14(11-20)6-4-8-17(16)19/h3-8H,9-11,19H2,1-2H3. The average Bonchev–Trinajstić information content (AvgIpc) is 2.49. The van der Waals surface area contributed by atoms with Crippen LogP contribution in [0.25, 0.3) is 0 Å². The van der Waals surface area contributed by atoms with Gasteiger partial charge in [0.25, 0.3) is 5.91 Å². The fourth-order valence-corrected chi connectivity index (χ4v) is 2.97. The van der Waals surface area contributed by atoms with Gasteiger partial charge >= 0.3 is 0 Å². The Morgan fingerprint density at radius 3 is 2.71 bits per heavy atom. The lowest BCUT2D eigenvalue weighted by Crippen LogP contribution is -2.36. The Hall–Kier alpha value is -2.29. The van der Waals surface area contributed by atoms with E-state index in [1.54, 1.807) is 0 Å². The highest BCUT2D eigenvalue weighted by Crippen LogP contribution is 2.26. The first-order chi connectivity index (χ1) is 10.1. The predicted molar refractivity (Wildman–Crippen MR) is 85.2 cm³/mol. The number of nitrogens with two attached hydrogens (primary N) is 1. The van der Waals surface area contributed by atoms with Gasteiger partial charge in [0, 0.05) is 24.3 Å². The maximum Gasteiger partial charge on any atom is 0.254 e. The first-order valence-electron chi connectivity index (χ1n) is 7.29. The third kappa shape index (κ3) is 2.40. The molecule has 2 N–H and O–H groups in total. The summed E-state index contributed by atoms with van der Waals surface area (Å²) in [6.45, 7) is 5.43. The molecule has 0 bridgehead atoms. The SMILES string of the molecule is Cc1cccc(C(=O)N2CCc3c(N)cccc3C2)c1C. The van der Waals surface area contributed by atoms with Gasteiger partial charge in [-0.1, -0.05) is 24.3 Å². The summed E-state index contributed by atoms with van der Waals surface area (Å²) in [7, 11) is 0. The van der Waals surface area contributed by atoms with Gasteiger partial charge in [0.05, 0.1) is 0 Å². The van der Waals surface area contributed by atoms with Crippen LogP contribution in [0.4, 0.5) is 5.69 Å². The van der Waals surface area contributed by atoms with Crippen LogP contribution < -0.4 is 5.73 Å². The molecule has 1 heterocycles. The molecule has 2 aromatic rings. The van der Waals surface area contributed by atoms with Crippen molar-refractivity contribution in [2.45, 2.75) is 26.8 Å². The maximum absolute atomic E-state index is 12.8. The van der Waals surface area contributed by atoms with Crippen molar-refractivity contribution in [2.75, 3.05) is 12.3 Å². The molecule has 3 heteroatoms. The molecule has 3 nitrogen and oxygen atoms in total. The number of hydrogen-bond acceptors (Lipinski definition) is 2. The zero-order valence-electron chi connectivity index (χ0n) is 12.5. The molecule has 2 aromatic carbocycles. The number of nitrogen functional groups attached to an aromatic ring is 1. The molecule has 0 unspecified atom stereocenters. The van der Waals surface area contributed by atoms with Gasteiger partial charge in [-0.05, 0) is 54.7 Å². The summed E-state index contributed by atoms with van der Waals surface area (Å²) in [6.07, 6.45) is 0.832. The van der Waals surface area contributed by atoms with Gasteiger partial charge < -0.3 is 10.6 Å². The quantitative estimate of drug-likeness (QED) is 0.816. The van der Waals surface area contributed by atoms with E-state index in [0.29, 0.717) is 6.54 Å². The number of carbonyl (C=O) groups excluding carboxylic acids is 1. The number of anilines is 1. The van der Waals surface area contributed by atoms with Crippen LogP contribution in [0.5, 0.6) is 0 Å². The molecular weight excluding hydrogens is 260 g/mol. The monoisotopic (exact) mass is 280 g/mol. The van der Waals surface area contributed by atoms with E-state index in [0.717, 1.165) is 35.3 Å². The Labute approximate surface area is 125 Å². The van der Waals surface area contributed by atoms with Crippen molar-refractivity contribution >= 4 is 11.6 Å². The van der Waals surface area contributed by atoms with E-state index in [9.17, 15) is 4.79 Å². The summed E-state index contributed by atoms with van der Waals surface area (Å²) in [4.78, 5) is 14.7. The summed E-state index contributed by atoms with van der Waals surface area (Å²) >= 11 is 0. The van der Waals surface area contributed by atoms with E-state index in [2.05, 4.69) is 6.07 Å². The Bertz CT molecular complexity index is 706. The Balaban J connectivity index is 1.89. The maximum atomic E-state index is 12.8. The molecule has 0 fully saturated rings. The largest absolute Gasteiger partial charge is 0.398 e. The zero-order valence-corrected chi connectivity index (χ0v) is 12.5. The van der Waals surface area contributed by atoms with E-state index in [1.165, 1.54) is 11.1 Å². The van der Waals surface area contributed by atoms with Crippen LogP contribution in [0.1, 0.15) is 32.6 Å². The van der Waals surface area contributed by atoms with E-state index >= 15 is 0 Å². The van der Waals surface area contributed by atoms with E-state index in [-0.39, 0.29) is 5.91 Å². The predicted octanol–water partition coefficient (Wildman–Crippen LogP) is 3.08. The highest BCUT2D eigenvalue weighted by Gasteiger charge is 2.23. The topological polar surface area (TPSA) is 46.3 Å². The second kappa shape index (κ2) is 5.24. The van der Waals surface area contributed by atoms with Crippen molar-refractivity contribution < 1.29 is 4.79 Å². The minimum atomic E-state index is 0.115. The second-order valence-corrected chi connectivity index (χ2v) is 5.71. The second-order valence-electron chi connectivity index (χ2n) is 5.71. The molecule has 108 valence electrons. The molecule has 0 atom stereocenters. The first-order valence-corrected chi connectivity index (χ1v) is 7.29. The molecule has 1 amide bonds. The van der Waals surface area contributed by atoms with E-state index in [4.69, 9.17) is 5.73 Å². The van der Waals surface area contributed by atoms with Crippen LogP contribution >= 0.6 is 0 Å². The van der Waals surface area contributed by atoms with Gasteiger partial charge in [-0.2, -0.15) is 0 Å². The van der Waals surface area contributed by atoms with E-state index in [1.807, 2.05) is 49.1 Å². The number of benzene rings is 2. The van der Waals surface area contributed by atoms with Crippen LogP contribution in [0.3, 0.4) is 0 Å². The minimum Gasteiger partial charge on any atom is -0.398 e. The number of rotatable bonds is 1. The van der Waals surface area contributed by atoms with Crippen molar-refractivity contribution in [3.63, 3.8) is 0 Å². The molecule has 3 rings (SSSR count). The molecule has 0 saturated carbocycles. The first kappa shape index (κ1) is 13.7. The van der Waals surface area contributed by atoms with Crippen molar-refractivity contribution in [3.05, 3.63) is 64.2 Å². The third-order valence-electron chi connectivity index (χ3n) is 4.42. The Morgan fingerprint density at radius 2 is 1.90 bits per heavy atom. The summed E-state index contributed by atoms with van der Waals surface area (Å²) in [5, 5.41) is 0. The van der Waals surface area contributed by atoms with Gasteiger partial charge in [0.15, 0.2) is 0 Å². The van der Waals surface area contributed by atoms with Crippen molar-refractivity contribution in [1.29, 1.82) is 0 Å². The fraction of sp³-hybridized carbons (Fsp3) is 0.278. The van der Waals surface area contributed by atoms with Gasteiger partial charge in [0.1, 0.15) is 0 Å². The zero-order chi connectivity index (χ0) is 15.0. The number of carbonyl (C=O) groups is 1. The number of hydrogen-bond donors (Lipinski definition) is 1. The fourth-order valence-electron chi connectivity index (χ4n) is 2.97. The molecule has 21 heavy (non-hydrogen) atoms. The smallest absolute Gasteiger partial charge is 0.254 e. The van der Waals surface area contributed by atoms with Crippen LogP contribution in [-0.2, 0) is 13.0 Å². The molecular formula is C18H20N2O. The number of amides is 1. The number of nitrogens with zero attached hydrogens (tertiary/aromatic N) is 1. The van der Waals surface area contributed by atoms with Crippen LogP contribution in [-0.4, -0.2) is 17.4 Å². The van der Waals surface area contributed by atoms with Crippen LogP contribution in [0.15, 0.2) is 36.4 Å². The highest BCUT2D eigenvalue weighted by molar-refractivity contribution is 5.96. The molecule has 1 aliphatic heterocycles. The molecule has 0 aliphatic carbocycles. The molecule has 0 radical (unpaired) electrons. The van der Waals surface area contributed by atoms with Gasteiger partial charge in [-0.15, -0.1) is 0 Å². The van der Waals surface area contributed by atoms with Gasteiger partial charge in [-0.3, -0.25) is 4.79 Å². The molecule has 0 aromatic heterocycles. The average molecular weight is 280 g/mol. The summed E-state index contributed by atoms with van der Waals surface area (Å²) in [6, 6.07) is 11.9. The van der Waals surface area contributed by atoms with Gasteiger partial charge in [0.2, 0.25) is 0 Å². The van der Waals surface area contributed by atoms with Crippen LogP contribution in [0, 0.1) is 13.8 Å². The summed E-state index contributed by atoms with van der Waals surface area (Å²) in [5.41, 5.74) is 12.3. The van der Waals surface area contributed by atoms with Crippen molar-refractivity contribution in [3.8, 4) is 0 Å². The Kier molecular flexibility index (Phi) is 3.42. The molecule has 1 aliphatic rings. The van der Waals surface area contributed by atoms with Gasteiger partial charge in [-0.25, -0.2) is 0 Å². The third-order valence-corrected chi connectivity index (χ3v) is 4.42. The summed E-state index contributed by atoms with van der Waals surface area (Å²) < 4.78 is 0.